The van der Waals surface area contributed by atoms with E-state index in [-0.39, 0.29) is 47.6 Å². The zero-order chi connectivity index (χ0) is 25.2. The van der Waals surface area contributed by atoms with E-state index in [0.29, 0.717) is 6.07 Å². The lowest BCUT2D eigenvalue weighted by atomic mass is 9.97. The van der Waals surface area contributed by atoms with Gasteiger partial charge in [-0.3, -0.25) is 4.79 Å². The summed E-state index contributed by atoms with van der Waals surface area (Å²) >= 11 is 0. The molecule has 2 atom stereocenters. The molecule has 1 saturated heterocycles. The number of halogens is 5. The summed E-state index contributed by atoms with van der Waals surface area (Å²) in [6.45, 7) is 0.828. The van der Waals surface area contributed by atoms with Crippen molar-refractivity contribution in [2.75, 3.05) is 18.0 Å². The summed E-state index contributed by atoms with van der Waals surface area (Å²) in [7, 11) is 0. The second kappa shape index (κ2) is 9.50. The van der Waals surface area contributed by atoms with E-state index in [1.54, 1.807) is 6.07 Å². The Labute approximate surface area is 190 Å². The smallest absolute Gasteiger partial charge is 0.408 e. The van der Waals surface area contributed by atoms with Crippen molar-refractivity contribution in [1.29, 1.82) is 5.26 Å². The van der Waals surface area contributed by atoms with Crippen molar-refractivity contribution in [2.45, 2.75) is 31.7 Å². The predicted molar refractivity (Wildman–Crippen MR) is 109 cm³/mol. The van der Waals surface area contributed by atoms with E-state index < -0.39 is 42.0 Å². The van der Waals surface area contributed by atoms with Gasteiger partial charge in [-0.2, -0.15) is 18.4 Å². The largest absolute Gasteiger partial charge is 0.444 e. The maximum absolute atomic E-state index is 14.0. The average molecular weight is 483 g/mol. The molecule has 34 heavy (non-hydrogen) atoms. The molecule has 3 N–H and O–H groups in total. The van der Waals surface area contributed by atoms with E-state index in [0.717, 1.165) is 25.3 Å². The third-order valence-corrected chi connectivity index (χ3v) is 5.14. The first-order valence-corrected chi connectivity index (χ1v) is 9.89. The number of alkyl halides is 3. The lowest BCUT2D eigenvalue weighted by Gasteiger charge is -2.26. The normalized spacial score (nSPS) is 16.6. The van der Waals surface area contributed by atoms with E-state index in [9.17, 15) is 36.8 Å². The van der Waals surface area contributed by atoms with Gasteiger partial charge in [0.25, 0.3) is 5.91 Å². The number of aromatic nitrogens is 1. The number of nitrogens with one attached hydrogen (secondary N) is 1. The number of nitrogens with two attached hydrogens (primary N) is 1. The Morgan fingerprint density at radius 3 is 2.50 bits per heavy atom. The Bertz CT molecular complexity index is 1140. The van der Waals surface area contributed by atoms with Crippen molar-refractivity contribution < 1.29 is 36.3 Å². The van der Waals surface area contributed by atoms with Crippen LogP contribution < -0.4 is 16.0 Å². The van der Waals surface area contributed by atoms with Crippen LogP contribution in [0.5, 0.6) is 0 Å². The summed E-state index contributed by atoms with van der Waals surface area (Å²) in [5.41, 5.74) is 3.96. The van der Waals surface area contributed by atoms with E-state index in [2.05, 4.69) is 4.98 Å². The molecule has 0 spiro atoms. The second-order valence-electron chi connectivity index (χ2n) is 7.54. The number of nitriles is 1. The van der Waals surface area contributed by atoms with Gasteiger partial charge in [0.1, 0.15) is 35.5 Å². The van der Waals surface area contributed by atoms with E-state index in [4.69, 9.17) is 10.5 Å². The van der Waals surface area contributed by atoms with Crippen LogP contribution in [0.4, 0.5) is 32.4 Å². The molecule has 0 bridgehead atoms. The predicted octanol–water partition coefficient (Wildman–Crippen LogP) is 3.25. The van der Waals surface area contributed by atoms with Gasteiger partial charge in [0.05, 0.1) is 17.8 Å². The molecule has 1 unspecified atom stereocenters. The number of primary amides is 1. The standard InChI is InChI=1S/C21H18F5N5O3/c1-10(21(24,25)26)30-19(32)15-8-29-16(7-27)17(11-4-12(22)6-13(23)5-11)18(15)31-3-2-14(9-31)34-20(28)33/h4-6,8,10,14H,2-3,9H2,1H3,(H2,28,33)(H,30,32)/t10?,14-/m0/s1. The van der Waals surface area contributed by atoms with Gasteiger partial charge in [0.2, 0.25) is 0 Å². The number of hydrogen-bond acceptors (Lipinski definition) is 6. The molecule has 13 heteroatoms. The minimum absolute atomic E-state index is 0.0439. The number of nitrogens with zero attached hydrogens (tertiary/aromatic N) is 3. The fourth-order valence-corrected chi connectivity index (χ4v) is 3.60. The van der Waals surface area contributed by atoms with Crippen molar-refractivity contribution in [3.05, 3.63) is 47.3 Å². The number of carbonyl (C=O) groups is 2. The van der Waals surface area contributed by atoms with Crippen LogP contribution in [0.3, 0.4) is 0 Å². The molecule has 3 rings (SSSR count). The molecule has 2 aromatic rings. The first kappa shape index (κ1) is 24.7. The molecule has 2 amide bonds. The van der Waals surface area contributed by atoms with Crippen LogP contribution in [-0.4, -0.2) is 48.4 Å². The molecule has 1 aromatic heterocycles. The first-order chi connectivity index (χ1) is 15.9. The maximum atomic E-state index is 14.0. The van der Waals surface area contributed by atoms with Crippen LogP contribution in [0, 0.1) is 23.0 Å². The Morgan fingerprint density at radius 2 is 1.94 bits per heavy atom. The highest BCUT2D eigenvalue weighted by Gasteiger charge is 2.38. The van der Waals surface area contributed by atoms with Gasteiger partial charge in [-0.05, 0) is 24.6 Å². The Balaban J connectivity index is 2.19. The maximum Gasteiger partial charge on any atom is 0.408 e. The molecule has 0 saturated carbocycles. The Morgan fingerprint density at radius 1 is 1.29 bits per heavy atom. The zero-order valence-corrected chi connectivity index (χ0v) is 17.6. The van der Waals surface area contributed by atoms with Gasteiger partial charge in [0.15, 0.2) is 0 Å². The minimum Gasteiger partial charge on any atom is -0.444 e. The molecule has 8 nitrogen and oxygen atoms in total. The third kappa shape index (κ3) is 5.33. The van der Waals surface area contributed by atoms with Gasteiger partial charge in [-0.1, -0.05) is 0 Å². The number of anilines is 1. The minimum atomic E-state index is -4.74. The van der Waals surface area contributed by atoms with Crippen LogP contribution in [0.2, 0.25) is 0 Å². The quantitative estimate of drug-likeness (QED) is 0.630. The van der Waals surface area contributed by atoms with Crippen molar-refractivity contribution in [2.24, 2.45) is 5.73 Å². The molecular formula is C21H18F5N5O3. The summed E-state index contributed by atoms with van der Waals surface area (Å²) in [6.07, 6.45) is -5.36. The number of ether oxygens (including phenoxy) is 1. The van der Waals surface area contributed by atoms with Crippen molar-refractivity contribution >= 4 is 17.7 Å². The van der Waals surface area contributed by atoms with Crippen molar-refractivity contribution in [3.8, 4) is 17.2 Å². The summed E-state index contributed by atoms with van der Waals surface area (Å²) < 4.78 is 72.0. The highest BCUT2D eigenvalue weighted by molar-refractivity contribution is 6.04. The van der Waals surface area contributed by atoms with Gasteiger partial charge in [-0.15, -0.1) is 0 Å². The van der Waals surface area contributed by atoms with Crippen LogP contribution >= 0.6 is 0 Å². The monoisotopic (exact) mass is 483 g/mol. The van der Waals surface area contributed by atoms with Gasteiger partial charge >= 0.3 is 12.3 Å². The van der Waals surface area contributed by atoms with Crippen LogP contribution in [0.15, 0.2) is 24.4 Å². The lowest BCUT2D eigenvalue weighted by molar-refractivity contribution is -0.149. The number of pyridine rings is 1. The Kier molecular flexibility index (Phi) is 6.90. The molecule has 2 heterocycles. The van der Waals surface area contributed by atoms with Crippen molar-refractivity contribution in [3.63, 3.8) is 0 Å². The molecule has 1 aliphatic rings. The number of amides is 2. The van der Waals surface area contributed by atoms with Gasteiger partial charge < -0.3 is 20.7 Å². The van der Waals surface area contributed by atoms with Gasteiger partial charge in [-0.25, -0.2) is 18.6 Å². The molecule has 1 fully saturated rings. The SMILES string of the molecule is CC(NC(=O)c1cnc(C#N)c(-c2cc(F)cc(F)c2)c1N1CC[C@H](OC(N)=O)C1)C(F)(F)F. The lowest BCUT2D eigenvalue weighted by Crippen LogP contribution is -2.43. The summed E-state index contributed by atoms with van der Waals surface area (Å²) in [4.78, 5) is 29.3. The fraction of sp³-hybridized carbons (Fsp3) is 0.333. The second-order valence-corrected chi connectivity index (χ2v) is 7.54. The molecule has 180 valence electrons. The molecule has 0 aliphatic carbocycles. The molecule has 0 radical (unpaired) electrons. The van der Waals surface area contributed by atoms with Crippen LogP contribution in [0.25, 0.3) is 11.1 Å². The topological polar surface area (TPSA) is 121 Å². The van der Waals surface area contributed by atoms with Crippen LogP contribution in [0.1, 0.15) is 29.4 Å². The molecule has 1 aliphatic heterocycles. The first-order valence-electron chi connectivity index (χ1n) is 9.89. The summed E-state index contributed by atoms with van der Waals surface area (Å²) in [5.74, 6) is -3.14. The number of rotatable bonds is 5. The number of hydrogen-bond donors (Lipinski definition) is 2. The Hall–Kier alpha value is -3.95. The third-order valence-electron chi connectivity index (χ3n) is 5.14. The zero-order valence-electron chi connectivity index (χ0n) is 17.6. The van der Waals surface area contributed by atoms with E-state index in [1.165, 1.54) is 4.90 Å². The average Bonchev–Trinajstić information content (AvgIpc) is 3.18. The van der Waals surface area contributed by atoms with E-state index in [1.807, 2.05) is 5.32 Å². The van der Waals surface area contributed by atoms with Crippen LogP contribution in [-0.2, 0) is 4.74 Å². The van der Waals surface area contributed by atoms with Crippen molar-refractivity contribution in [1.82, 2.24) is 10.3 Å². The summed E-state index contributed by atoms with van der Waals surface area (Å²) in [6, 6.07) is 1.95. The fourth-order valence-electron chi connectivity index (χ4n) is 3.60. The number of carbonyl (C=O) groups excluding carboxylic acids is 2. The number of benzene rings is 1. The highest BCUT2D eigenvalue weighted by atomic mass is 19.4. The highest BCUT2D eigenvalue weighted by Crippen LogP contribution is 2.39. The van der Waals surface area contributed by atoms with Gasteiger partial charge in [0, 0.05) is 30.8 Å². The summed E-state index contributed by atoms with van der Waals surface area (Å²) in [5, 5.41) is 11.4. The molecular weight excluding hydrogens is 465 g/mol. The van der Waals surface area contributed by atoms with E-state index >= 15 is 0 Å². The molecule has 1 aromatic carbocycles.